The molecule has 30 heavy (non-hydrogen) atoms. The molecule has 1 atom stereocenters. The molecule has 8 heteroatoms. The molecule has 0 unspecified atom stereocenters. The van der Waals surface area contributed by atoms with Crippen LogP contribution in [0.2, 0.25) is 0 Å². The monoisotopic (exact) mass is 418 g/mol. The number of piperidine rings is 1. The average Bonchev–Trinajstić information content (AvgIpc) is 2.71. The Morgan fingerprint density at radius 1 is 1.00 bits per heavy atom. The molecule has 1 saturated heterocycles. The Kier molecular flexibility index (Phi) is 8.50. The summed E-state index contributed by atoms with van der Waals surface area (Å²) >= 11 is 0. The molecule has 8 nitrogen and oxygen atoms in total. The molecule has 1 heterocycles. The summed E-state index contributed by atoms with van der Waals surface area (Å²) in [4.78, 5) is 39.7. The second kappa shape index (κ2) is 10.8. The Morgan fingerprint density at radius 2 is 1.63 bits per heavy atom. The average molecular weight is 419 g/mol. The van der Waals surface area contributed by atoms with Crippen molar-refractivity contribution in [3.63, 3.8) is 0 Å². The first-order valence-electron chi connectivity index (χ1n) is 10.5. The van der Waals surface area contributed by atoms with Crippen LogP contribution in [-0.4, -0.2) is 61.1 Å². The van der Waals surface area contributed by atoms with Crippen LogP contribution in [0.25, 0.3) is 0 Å². The Labute approximate surface area is 178 Å². The Balaban J connectivity index is 2.09. The first kappa shape index (κ1) is 23.5. The van der Waals surface area contributed by atoms with E-state index in [0.29, 0.717) is 37.2 Å². The van der Waals surface area contributed by atoms with E-state index in [2.05, 4.69) is 16.0 Å². The normalized spacial score (nSPS) is 15.6. The van der Waals surface area contributed by atoms with Crippen LogP contribution in [0.5, 0.6) is 5.75 Å². The number of carbonyl (C=O) groups excluding carboxylic acids is 3. The molecule has 0 bridgehead atoms. The van der Waals surface area contributed by atoms with Crippen LogP contribution in [-0.2, 0) is 4.79 Å². The minimum absolute atomic E-state index is 0.0365. The minimum Gasteiger partial charge on any atom is -0.497 e. The van der Waals surface area contributed by atoms with Crippen molar-refractivity contribution in [1.82, 2.24) is 20.9 Å². The number of urea groups is 1. The van der Waals surface area contributed by atoms with Gasteiger partial charge in [0.2, 0.25) is 5.91 Å². The van der Waals surface area contributed by atoms with Gasteiger partial charge in [-0.25, -0.2) is 4.79 Å². The molecule has 2 rings (SSSR count). The topological polar surface area (TPSA) is 99.8 Å². The zero-order chi connectivity index (χ0) is 22.3. The van der Waals surface area contributed by atoms with Gasteiger partial charge in [-0.05, 0) is 64.7 Å². The molecule has 1 aliphatic heterocycles. The number of likely N-dealkylation sites (tertiary alicyclic amines) is 1. The molecule has 0 saturated carbocycles. The fourth-order valence-electron chi connectivity index (χ4n) is 3.53. The van der Waals surface area contributed by atoms with Crippen LogP contribution >= 0.6 is 0 Å². The van der Waals surface area contributed by atoms with Crippen LogP contribution in [0.3, 0.4) is 0 Å². The van der Waals surface area contributed by atoms with E-state index in [4.69, 9.17) is 4.74 Å². The third kappa shape index (κ3) is 6.64. The Bertz CT molecular complexity index is 742. The third-order valence-corrected chi connectivity index (χ3v) is 5.04. The summed E-state index contributed by atoms with van der Waals surface area (Å²) in [5, 5.41) is 8.71. The zero-order valence-electron chi connectivity index (χ0n) is 18.5. The van der Waals surface area contributed by atoms with Gasteiger partial charge in [0.15, 0.2) is 0 Å². The molecular weight excluding hydrogens is 384 g/mol. The molecule has 1 aliphatic rings. The summed E-state index contributed by atoms with van der Waals surface area (Å²) in [5.74, 6) is 0.000766. The highest BCUT2D eigenvalue weighted by Crippen LogP contribution is 2.22. The van der Waals surface area contributed by atoms with E-state index in [0.717, 1.165) is 0 Å². The van der Waals surface area contributed by atoms with E-state index in [1.165, 1.54) is 0 Å². The second-order valence-electron chi connectivity index (χ2n) is 8.28. The van der Waals surface area contributed by atoms with Gasteiger partial charge in [-0.1, -0.05) is 6.07 Å². The Hall–Kier alpha value is -2.77. The highest BCUT2D eigenvalue weighted by molar-refractivity contribution is 5.98. The third-order valence-electron chi connectivity index (χ3n) is 5.04. The Morgan fingerprint density at radius 3 is 2.20 bits per heavy atom. The van der Waals surface area contributed by atoms with Crippen molar-refractivity contribution in [2.24, 2.45) is 5.92 Å². The van der Waals surface area contributed by atoms with Gasteiger partial charge in [-0.15, -0.1) is 0 Å². The molecule has 1 fully saturated rings. The van der Waals surface area contributed by atoms with Crippen molar-refractivity contribution in [2.45, 2.75) is 58.7 Å². The number of benzene rings is 1. The summed E-state index contributed by atoms with van der Waals surface area (Å²) in [5.41, 5.74) is 0.436. The number of methoxy groups -OCH3 is 1. The largest absolute Gasteiger partial charge is 0.497 e. The van der Waals surface area contributed by atoms with E-state index < -0.39 is 6.04 Å². The van der Waals surface area contributed by atoms with E-state index in [1.807, 2.05) is 27.7 Å². The maximum absolute atomic E-state index is 12.9. The standard InChI is InChI=1S/C22H34N4O4/c1-14(2)23-21(28)19(25-20(27)17-7-6-8-18(13-17)30-5)16-9-11-26(12-10-16)22(29)24-15(3)4/h6-8,13-16,19H,9-12H2,1-5H3,(H,23,28)(H,24,29)(H,25,27)/t19-/m1/s1. The molecule has 0 radical (unpaired) electrons. The maximum Gasteiger partial charge on any atom is 0.317 e. The second-order valence-corrected chi connectivity index (χ2v) is 8.28. The minimum atomic E-state index is -0.665. The number of amides is 4. The van der Waals surface area contributed by atoms with E-state index in [-0.39, 0.29) is 35.8 Å². The van der Waals surface area contributed by atoms with Crippen molar-refractivity contribution >= 4 is 17.8 Å². The van der Waals surface area contributed by atoms with Gasteiger partial charge in [0.1, 0.15) is 11.8 Å². The lowest BCUT2D eigenvalue weighted by molar-refractivity contribution is -0.125. The van der Waals surface area contributed by atoms with Gasteiger partial charge in [0.25, 0.3) is 5.91 Å². The van der Waals surface area contributed by atoms with Crippen molar-refractivity contribution < 1.29 is 19.1 Å². The molecule has 4 amide bonds. The van der Waals surface area contributed by atoms with Gasteiger partial charge in [-0.2, -0.15) is 0 Å². The summed E-state index contributed by atoms with van der Waals surface area (Å²) in [6, 6.07) is 6.11. The predicted molar refractivity (Wildman–Crippen MR) is 115 cm³/mol. The van der Waals surface area contributed by atoms with Crippen LogP contribution in [0.1, 0.15) is 50.9 Å². The fraction of sp³-hybridized carbons (Fsp3) is 0.591. The molecule has 1 aromatic carbocycles. The first-order valence-corrected chi connectivity index (χ1v) is 10.5. The van der Waals surface area contributed by atoms with Crippen molar-refractivity contribution in [3.8, 4) is 5.75 Å². The van der Waals surface area contributed by atoms with E-state index in [1.54, 1.807) is 36.3 Å². The van der Waals surface area contributed by atoms with Crippen LogP contribution < -0.4 is 20.7 Å². The number of carbonyl (C=O) groups is 3. The number of hydrogen-bond donors (Lipinski definition) is 3. The maximum atomic E-state index is 12.9. The van der Waals surface area contributed by atoms with E-state index >= 15 is 0 Å². The van der Waals surface area contributed by atoms with Crippen LogP contribution in [0.4, 0.5) is 4.79 Å². The molecule has 0 aliphatic carbocycles. The number of rotatable bonds is 7. The lowest BCUT2D eigenvalue weighted by Gasteiger charge is -2.36. The van der Waals surface area contributed by atoms with Crippen LogP contribution in [0, 0.1) is 5.92 Å². The van der Waals surface area contributed by atoms with E-state index in [9.17, 15) is 14.4 Å². The van der Waals surface area contributed by atoms with Crippen molar-refractivity contribution in [2.75, 3.05) is 20.2 Å². The quantitative estimate of drug-likeness (QED) is 0.632. The molecule has 3 N–H and O–H groups in total. The number of ether oxygens (including phenoxy) is 1. The van der Waals surface area contributed by atoms with Crippen LogP contribution in [0.15, 0.2) is 24.3 Å². The van der Waals surface area contributed by atoms with Gasteiger partial charge < -0.3 is 25.6 Å². The lowest BCUT2D eigenvalue weighted by Crippen LogP contribution is -2.55. The number of nitrogens with zero attached hydrogens (tertiary/aromatic N) is 1. The summed E-state index contributed by atoms with van der Waals surface area (Å²) in [6.07, 6.45) is 1.28. The van der Waals surface area contributed by atoms with Gasteiger partial charge >= 0.3 is 6.03 Å². The lowest BCUT2D eigenvalue weighted by atomic mass is 9.88. The highest BCUT2D eigenvalue weighted by atomic mass is 16.5. The first-order chi connectivity index (χ1) is 14.2. The predicted octanol–water partition coefficient (Wildman–Crippen LogP) is 2.15. The molecule has 0 spiro atoms. The number of hydrogen-bond acceptors (Lipinski definition) is 4. The fourth-order valence-corrected chi connectivity index (χ4v) is 3.53. The van der Waals surface area contributed by atoms with Crippen molar-refractivity contribution in [3.05, 3.63) is 29.8 Å². The zero-order valence-corrected chi connectivity index (χ0v) is 18.5. The summed E-state index contributed by atoms with van der Waals surface area (Å²) < 4.78 is 5.19. The summed E-state index contributed by atoms with van der Waals surface area (Å²) in [6.45, 7) is 8.71. The molecular formula is C22H34N4O4. The van der Waals surface area contributed by atoms with Crippen molar-refractivity contribution in [1.29, 1.82) is 0 Å². The summed E-state index contributed by atoms with van der Waals surface area (Å²) in [7, 11) is 1.54. The molecule has 1 aromatic rings. The van der Waals surface area contributed by atoms with Gasteiger partial charge in [-0.3, -0.25) is 9.59 Å². The van der Waals surface area contributed by atoms with Gasteiger partial charge in [0, 0.05) is 30.7 Å². The molecule has 0 aromatic heterocycles. The smallest absolute Gasteiger partial charge is 0.317 e. The van der Waals surface area contributed by atoms with Gasteiger partial charge in [0.05, 0.1) is 7.11 Å². The highest BCUT2D eigenvalue weighted by Gasteiger charge is 2.34. The number of nitrogens with one attached hydrogen (secondary N) is 3. The SMILES string of the molecule is COc1cccc(C(=O)N[C@@H](C(=O)NC(C)C)C2CCN(C(=O)NC(C)C)CC2)c1. The molecule has 166 valence electrons.